The van der Waals surface area contributed by atoms with Gasteiger partial charge in [-0.1, -0.05) is 6.42 Å². The lowest BCUT2D eigenvalue weighted by atomic mass is 10.0. The number of hydrogen-bond donors (Lipinski definition) is 0. The molecule has 0 aromatic rings. The number of fused-ring (bicyclic) bond motifs is 1. The summed E-state index contributed by atoms with van der Waals surface area (Å²) < 4.78 is 25.5. The smallest absolute Gasteiger partial charge is 0.212 e. The van der Waals surface area contributed by atoms with Gasteiger partial charge in [0.1, 0.15) is 0 Å². The van der Waals surface area contributed by atoms with Crippen molar-refractivity contribution in [3.8, 4) is 0 Å². The summed E-state index contributed by atoms with van der Waals surface area (Å²) in [5.74, 6) is 1.92. The van der Waals surface area contributed by atoms with Crippen LogP contribution in [0.15, 0.2) is 0 Å². The minimum absolute atomic E-state index is 0.218. The van der Waals surface area contributed by atoms with E-state index in [2.05, 4.69) is 0 Å². The fourth-order valence-electron chi connectivity index (χ4n) is 2.79. The summed E-state index contributed by atoms with van der Waals surface area (Å²) in [5, 5.41) is 0. The highest BCUT2D eigenvalue weighted by atomic mass is 35.5. The Kier molecular flexibility index (Phi) is 3.58. The van der Waals surface area contributed by atoms with Crippen LogP contribution in [0.1, 0.15) is 25.7 Å². The van der Waals surface area contributed by atoms with E-state index in [1.165, 1.54) is 19.3 Å². The van der Waals surface area contributed by atoms with E-state index in [9.17, 15) is 8.42 Å². The second-order valence-electron chi connectivity index (χ2n) is 4.63. The van der Waals surface area contributed by atoms with Crippen molar-refractivity contribution in [3.63, 3.8) is 0 Å². The Balaban J connectivity index is 1.95. The van der Waals surface area contributed by atoms with E-state index in [4.69, 9.17) is 11.6 Å². The van der Waals surface area contributed by atoms with Gasteiger partial charge in [-0.15, -0.1) is 11.6 Å². The molecule has 0 aromatic heterocycles. The third kappa shape index (κ3) is 2.48. The van der Waals surface area contributed by atoms with E-state index in [1.807, 2.05) is 0 Å². The second kappa shape index (κ2) is 4.60. The Bertz CT molecular complexity index is 305. The van der Waals surface area contributed by atoms with Gasteiger partial charge in [-0.3, -0.25) is 0 Å². The van der Waals surface area contributed by atoms with Crippen LogP contribution in [0, 0.1) is 11.8 Å². The van der Waals surface area contributed by atoms with E-state index in [0.717, 1.165) is 13.1 Å². The fraction of sp³-hybridized carbons (Fsp3) is 1.00. The molecule has 0 spiro atoms. The SMILES string of the molecule is O=S(=O)(CCCCl)N1CC2CCCC2C1. The highest BCUT2D eigenvalue weighted by Gasteiger charge is 2.40. The lowest BCUT2D eigenvalue weighted by molar-refractivity contribution is 0.445. The van der Waals surface area contributed by atoms with Crippen molar-refractivity contribution in [3.05, 3.63) is 0 Å². The summed E-state index contributed by atoms with van der Waals surface area (Å²) in [6.07, 6.45) is 4.28. The van der Waals surface area contributed by atoms with Crippen LogP contribution in [-0.2, 0) is 10.0 Å². The molecule has 1 aliphatic carbocycles. The third-order valence-corrected chi connectivity index (χ3v) is 5.78. The number of halogens is 1. The Labute approximate surface area is 96.8 Å². The Hall–Kier alpha value is 0.200. The molecule has 88 valence electrons. The van der Waals surface area contributed by atoms with Gasteiger partial charge >= 0.3 is 0 Å². The molecule has 1 heterocycles. The first-order chi connectivity index (χ1) is 7.13. The predicted octanol–water partition coefficient (Wildman–Crippen LogP) is 1.68. The van der Waals surface area contributed by atoms with Gasteiger partial charge in [-0.05, 0) is 31.1 Å². The maximum absolute atomic E-state index is 11.9. The summed E-state index contributed by atoms with van der Waals surface area (Å²) >= 11 is 5.53. The minimum atomic E-state index is -3.02. The molecule has 3 nitrogen and oxygen atoms in total. The second-order valence-corrected chi connectivity index (χ2v) is 7.09. The van der Waals surface area contributed by atoms with Gasteiger partial charge in [0.05, 0.1) is 5.75 Å². The molecule has 2 aliphatic rings. The molecular weight excluding hydrogens is 234 g/mol. The van der Waals surface area contributed by atoms with Crippen LogP contribution in [0.25, 0.3) is 0 Å². The van der Waals surface area contributed by atoms with Crippen molar-refractivity contribution in [1.29, 1.82) is 0 Å². The van der Waals surface area contributed by atoms with Crippen LogP contribution in [0.2, 0.25) is 0 Å². The molecule has 2 atom stereocenters. The van der Waals surface area contributed by atoms with Crippen molar-refractivity contribution in [2.75, 3.05) is 24.7 Å². The van der Waals surface area contributed by atoms with Crippen molar-refractivity contribution >= 4 is 21.6 Å². The molecule has 0 N–H and O–H groups in total. The largest absolute Gasteiger partial charge is 0.214 e. The third-order valence-electron chi connectivity index (χ3n) is 3.62. The van der Waals surface area contributed by atoms with E-state index >= 15 is 0 Å². The maximum atomic E-state index is 11.9. The van der Waals surface area contributed by atoms with Crippen LogP contribution >= 0.6 is 11.6 Å². The zero-order valence-electron chi connectivity index (χ0n) is 8.86. The van der Waals surface area contributed by atoms with Gasteiger partial charge in [-0.25, -0.2) is 12.7 Å². The first kappa shape index (κ1) is 11.7. The number of hydrogen-bond acceptors (Lipinski definition) is 2. The monoisotopic (exact) mass is 251 g/mol. The van der Waals surface area contributed by atoms with Gasteiger partial charge in [0, 0.05) is 19.0 Å². The van der Waals surface area contributed by atoms with Crippen molar-refractivity contribution in [2.45, 2.75) is 25.7 Å². The number of rotatable bonds is 4. The minimum Gasteiger partial charge on any atom is -0.212 e. The average molecular weight is 252 g/mol. The molecule has 2 fully saturated rings. The Morgan fingerprint density at radius 2 is 1.80 bits per heavy atom. The van der Waals surface area contributed by atoms with Crippen molar-refractivity contribution in [1.82, 2.24) is 4.31 Å². The molecule has 0 amide bonds. The Morgan fingerprint density at radius 3 is 2.33 bits per heavy atom. The van der Waals surface area contributed by atoms with Gasteiger partial charge in [0.25, 0.3) is 0 Å². The van der Waals surface area contributed by atoms with Gasteiger partial charge in [0.15, 0.2) is 0 Å². The Morgan fingerprint density at radius 1 is 1.20 bits per heavy atom. The number of alkyl halides is 1. The standard InChI is InChI=1S/C10H18ClNO2S/c11-5-2-6-15(13,14)12-7-9-3-1-4-10(9)8-12/h9-10H,1-8H2. The lowest BCUT2D eigenvalue weighted by Crippen LogP contribution is -2.31. The van der Waals surface area contributed by atoms with E-state index < -0.39 is 10.0 Å². The van der Waals surface area contributed by atoms with E-state index in [1.54, 1.807) is 4.31 Å². The van der Waals surface area contributed by atoms with Gasteiger partial charge in [0.2, 0.25) is 10.0 Å². The highest BCUT2D eigenvalue weighted by Crippen LogP contribution is 2.38. The number of nitrogens with zero attached hydrogens (tertiary/aromatic N) is 1. The molecular formula is C10H18ClNO2S. The zero-order chi connectivity index (χ0) is 10.9. The van der Waals surface area contributed by atoms with Crippen LogP contribution in [-0.4, -0.2) is 37.4 Å². The van der Waals surface area contributed by atoms with Crippen LogP contribution in [0.5, 0.6) is 0 Å². The molecule has 1 saturated carbocycles. The van der Waals surface area contributed by atoms with Crippen LogP contribution < -0.4 is 0 Å². The van der Waals surface area contributed by atoms with Crippen molar-refractivity contribution < 1.29 is 8.42 Å². The zero-order valence-corrected chi connectivity index (χ0v) is 10.4. The molecule has 0 bridgehead atoms. The maximum Gasteiger partial charge on any atom is 0.214 e. The van der Waals surface area contributed by atoms with E-state index in [-0.39, 0.29) is 5.75 Å². The topological polar surface area (TPSA) is 37.4 Å². The molecule has 0 radical (unpaired) electrons. The lowest BCUT2D eigenvalue weighted by Gasteiger charge is -2.16. The average Bonchev–Trinajstić information content (AvgIpc) is 2.73. The van der Waals surface area contributed by atoms with Crippen LogP contribution in [0.3, 0.4) is 0 Å². The highest BCUT2D eigenvalue weighted by molar-refractivity contribution is 7.89. The molecule has 1 saturated heterocycles. The van der Waals surface area contributed by atoms with Gasteiger partial charge < -0.3 is 0 Å². The van der Waals surface area contributed by atoms with E-state index in [0.29, 0.717) is 24.1 Å². The molecule has 2 rings (SSSR count). The molecule has 15 heavy (non-hydrogen) atoms. The first-order valence-electron chi connectivity index (χ1n) is 5.67. The normalized spacial score (nSPS) is 32.1. The fourth-order valence-corrected chi connectivity index (χ4v) is 4.68. The van der Waals surface area contributed by atoms with Crippen molar-refractivity contribution in [2.24, 2.45) is 11.8 Å². The molecule has 5 heteroatoms. The van der Waals surface area contributed by atoms with Gasteiger partial charge in [-0.2, -0.15) is 0 Å². The predicted molar refractivity (Wildman–Crippen MR) is 61.5 cm³/mol. The first-order valence-corrected chi connectivity index (χ1v) is 7.81. The molecule has 0 aromatic carbocycles. The summed E-state index contributed by atoms with van der Waals surface area (Å²) in [6, 6.07) is 0. The quantitative estimate of drug-likeness (QED) is 0.713. The number of sulfonamides is 1. The summed E-state index contributed by atoms with van der Waals surface area (Å²) in [5.41, 5.74) is 0. The summed E-state index contributed by atoms with van der Waals surface area (Å²) in [4.78, 5) is 0. The summed E-state index contributed by atoms with van der Waals surface area (Å²) in [6.45, 7) is 1.52. The van der Waals surface area contributed by atoms with Crippen LogP contribution in [0.4, 0.5) is 0 Å². The summed E-state index contributed by atoms with van der Waals surface area (Å²) in [7, 11) is -3.02. The molecule has 2 unspecified atom stereocenters. The molecule has 1 aliphatic heterocycles.